The molecule has 2 heteroatoms. The lowest BCUT2D eigenvalue weighted by Gasteiger charge is -2.46. The van der Waals surface area contributed by atoms with E-state index in [-0.39, 0.29) is 0 Å². The van der Waals surface area contributed by atoms with Crippen molar-refractivity contribution in [2.45, 2.75) is 70.5 Å². The molecule has 16 heavy (non-hydrogen) atoms. The third-order valence-electron chi connectivity index (χ3n) is 4.15. The Bertz CT molecular complexity index is 275. The predicted molar refractivity (Wildman–Crippen MR) is 81.1 cm³/mol. The van der Waals surface area contributed by atoms with Gasteiger partial charge in [0.1, 0.15) is 0 Å². The maximum atomic E-state index is 2.56. The summed E-state index contributed by atoms with van der Waals surface area (Å²) in [5.41, 5.74) is 3.31. The van der Waals surface area contributed by atoms with Gasteiger partial charge in [0.25, 0.3) is 0 Å². The second-order valence-electron chi connectivity index (χ2n) is 6.37. The van der Waals surface area contributed by atoms with Crippen LogP contribution in [0.25, 0.3) is 0 Å². The third kappa shape index (κ3) is 2.95. The number of rotatable bonds is 4. The van der Waals surface area contributed by atoms with Gasteiger partial charge in [0.05, 0.1) is 8.07 Å². The van der Waals surface area contributed by atoms with E-state index in [1.165, 1.54) is 31.4 Å². The van der Waals surface area contributed by atoms with Crippen LogP contribution < -0.4 is 0 Å². The van der Waals surface area contributed by atoms with Crippen molar-refractivity contribution >= 4 is 19.8 Å². The first-order valence-corrected chi connectivity index (χ1v) is 11.1. The van der Waals surface area contributed by atoms with E-state index in [0.29, 0.717) is 4.37 Å². The molecule has 0 bridgehead atoms. The molecule has 0 fully saturated rings. The highest BCUT2D eigenvalue weighted by atomic mass is 32.2. The average Bonchev–Trinajstić information content (AvgIpc) is 2.18. The lowest BCUT2D eigenvalue weighted by atomic mass is 10.0. The van der Waals surface area contributed by atoms with Crippen LogP contribution in [0.1, 0.15) is 46.5 Å². The van der Waals surface area contributed by atoms with Gasteiger partial charge in [-0.3, -0.25) is 0 Å². The van der Waals surface area contributed by atoms with Gasteiger partial charge in [0.2, 0.25) is 0 Å². The Hall–Kier alpha value is 0.307. The Morgan fingerprint density at radius 1 is 1.19 bits per heavy atom. The van der Waals surface area contributed by atoms with Gasteiger partial charge < -0.3 is 0 Å². The molecular weight excluding hydrogens is 228 g/mol. The summed E-state index contributed by atoms with van der Waals surface area (Å²) in [7, 11) is -1.09. The lowest BCUT2D eigenvalue weighted by molar-refractivity contribution is 0.611. The molecule has 0 spiro atoms. The van der Waals surface area contributed by atoms with Crippen molar-refractivity contribution in [3.63, 3.8) is 0 Å². The van der Waals surface area contributed by atoms with E-state index < -0.39 is 8.07 Å². The summed E-state index contributed by atoms with van der Waals surface area (Å²) >= 11 is 2.27. The first-order valence-electron chi connectivity index (χ1n) is 6.61. The van der Waals surface area contributed by atoms with E-state index in [0.717, 1.165) is 0 Å². The van der Waals surface area contributed by atoms with Gasteiger partial charge in [0.15, 0.2) is 0 Å². The minimum atomic E-state index is -1.09. The number of allylic oxidation sites excluding steroid dienone is 1. The molecule has 94 valence electrons. The van der Waals surface area contributed by atoms with Crippen LogP contribution in [-0.2, 0) is 0 Å². The average molecular weight is 257 g/mol. The molecule has 0 aromatic heterocycles. The van der Waals surface area contributed by atoms with Crippen molar-refractivity contribution in [2.75, 3.05) is 5.75 Å². The van der Waals surface area contributed by atoms with Crippen molar-refractivity contribution < 1.29 is 0 Å². The van der Waals surface area contributed by atoms with Crippen LogP contribution in [0.2, 0.25) is 19.6 Å². The summed E-state index contributed by atoms with van der Waals surface area (Å²) in [4.78, 5) is 0. The van der Waals surface area contributed by atoms with E-state index in [1.54, 1.807) is 11.1 Å². The van der Waals surface area contributed by atoms with E-state index in [4.69, 9.17) is 0 Å². The molecule has 0 saturated carbocycles. The smallest absolute Gasteiger partial charge is 0.0630 e. The summed E-state index contributed by atoms with van der Waals surface area (Å²) in [6.07, 6.45) is 5.55. The first kappa shape index (κ1) is 14.4. The number of unbranched alkanes of at least 4 members (excludes halogenated alkanes) is 1. The Morgan fingerprint density at radius 3 is 2.25 bits per heavy atom. The second kappa shape index (κ2) is 5.30. The molecule has 1 unspecified atom stereocenters. The molecule has 0 saturated heterocycles. The molecule has 0 aromatic carbocycles. The quantitative estimate of drug-likeness (QED) is 0.488. The fourth-order valence-electron chi connectivity index (χ4n) is 2.48. The van der Waals surface area contributed by atoms with Gasteiger partial charge in [-0.2, -0.15) is 11.8 Å². The van der Waals surface area contributed by atoms with Gasteiger partial charge >= 0.3 is 0 Å². The maximum absolute atomic E-state index is 2.56. The molecule has 0 nitrogen and oxygen atoms in total. The zero-order valence-electron chi connectivity index (χ0n) is 11.9. The Morgan fingerprint density at radius 2 is 1.81 bits per heavy atom. The summed E-state index contributed by atoms with van der Waals surface area (Å²) in [6, 6.07) is 0. The molecule has 0 radical (unpaired) electrons. The number of thioether (sulfide) groups is 1. The van der Waals surface area contributed by atoms with Crippen molar-refractivity contribution in [2.24, 2.45) is 0 Å². The number of hydrogen-bond donors (Lipinski definition) is 0. The van der Waals surface area contributed by atoms with Crippen molar-refractivity contribution in [3.8, 4) is 0 Å². The first-order chi connectivity index (χ1) is 7.32. The zero-order valence-corrected chi connectivity index (χ0v) is 13.8. The Kier molecular flexibility index (Phi) is 4.76. The fraction of sp³-hybridized carbons (Fsp3) is 0.857. The van der Waals surface area contributed by atoms with Gasteiger partial charge in [0, 0.05) is 10.1 Å². The van der Waals surface area contributed by atoms with Crippen molar-refractivity contribution in [1.82, 2.24) is 0 Å². The molecule has 1 aliphatic heterocycles. The van der Waals surface area contributed by atoms with Crippen LogP contribution in [0.5, 0.6) is 0 Å². The number of hydrogen-bond acceptors (Lipinski definition) is 1. The zero-order chi connectivity index (χ0) is 12.4. The van der Waals surface area contributed by atoms with Crippen molar-refractivity contribution in [1.29, 1.82) is 0 Å². The minimum Gasteiger partial charge on any atom is -0.154 e. The molecular formula is C14H28SSi. The van der Waals surface area contributed by atoms with E-state index in [9.17, 15) is 0 Å². The van der Waals surface area contributed by atoms with E-state index in [1.807, 2.05) is 0 Å². The third-order valence-corrected chi connectivity index (χ3v) is 11.1. The molecule has 0 amide bonds. The van der Waals surface area contributed by atoms with Gasteiger partial charge in [-0.15, -0.1) is 0 Å². The highest BCUT2D eigenvalue weighted by molar-refractivity contribution is 8.02. The molecule has 0 aromatic rings. The van der Waals surface area contributed by atoms with Crippen LogP contribution in [0.15, 0.2) is 11.1 Å². The highest BCUT2D eigenvalue weighted by Gasteiger charge is 2.44. The maximum Gasteiger partial charge on any atom is 0.0630 e. The summed E-state index contributed by atoms with van der Waals surface area (Å²) in [6.45, 7) is 14.7. The minimum absolute atomic E-state index is 0.618. The summed E-state index contributed by atoms with van der Waals surface area (Å²) in [5, 5.41) is 0. The van der Waals surface area contributed by atoms with E-state index in [2.05, 4.69) is 52.2 Å². The van der Waals surface area contributed by atoms with Gasteiger partial charge in [-0.1, -0.05) is 50.6 Å². The lowest BCUT2D eigenvalue weighted by Crippen LogP contribution is -2.51. The monoisotopic (exact) mass is 256 g/mol. The normalized spacial score (nSPS) is 27.4. The SMILES string of the molecule is CCCCC1([Si](C)(C)C)CC(C)=C(C)CS1. The van der Waals surface area contributed by atoms with Crippen LogP contribution in [0.3, 0.4) is 0 Å². The van der Waals surface area contributed by atoms with Crippen LogP contribution in [-0.4, -0.2) is 18.2 Å². The Balaban J connectivity index is 2.91. The molecule has 1 heterocycles. The fourth-order valence-corrected chi connectivity index (χ4v) is 7.50. The van der Waals surface area contributed by atoms with Crippen LogP contribution in [0, 0.1) is 0 Å². The van der Waals surface area contributed by atoms with Gasteiger partial charge in [-0.05, 0) is 26.7 Å². The second-order valence-corrected chi connectivity index (χ2v) is 13.6. The largest absolute Gasteiger partial charge is 0.154 e. The van der Waals surface area contributed by atoms with Gasteiger partial charge in [-0.25, -0.2) is 0 Å². The molecule has 0 N–H and O–H groups in total. The van der Waals surface area contributed by atoms with Crippen LogP contribution in [0.4, 0.5) is 0 Å². The molecule has 1 aliphatic rings. The predicted octanol–water partition coefficient (Wildman–Crippen LogP) is 5.27. The molecule has 0 aliphatic carbocycles. The highest BCUT2D eigenvalue weighted by Crippen LogP contribution is 2.48. The molecule has 1 rings (SSSR count). The van der Waals surface area contributed by atoms with Crippen molar-refractivity contribution in [3.05, 3.63) is 11.1 Å². The Labute approximate surface area is 107 Å². The summed E-state index contributed by atoms with van der Waals surface area (Å²) < 4.78 is 0.618. The topological polar surface area (TPSA) is 0 Å². The summed E-state index contributed by atoms with van der Waals surface area (Å²) in [5.74, 6) is 1.28. The van der Waals surface area contributed by atoms with E-state index >= 15 is 0 Å². The van der Waals surface area contributed by atoms with Crippen LogP contribution >= 0.6 is 11.8 Å². The molecule has 1 atom stereocenters. The standard InChI is InChI=1S/C14H28SSi/c1-7-8-9-14(16(4,5)6)10-12(2)13(3)11-15-14/h7-11H2,1-6H3.